The van der Waals surface area contributed by atoms with E-state index in [-0.39, 0.29) is 5.78 Å². The van der Waals surface area contributed by atoms with Gasteiger partial charge in [-0.3, -0.25) is 9.69 Å². The second kappa shape index (κ2) is 8.93. The highest BCUT2D eigenvalue weighted by atomic mass is 32.1. The third-order valence-corrected chi connectivity index (χ3v) is 6.46. The topological polar surface area (TPSA) is 51.7 Å². The molecule has 5 nitrogen and oxygen atoms in total. The van der Waals surface area contributed by atoms with Gasteiger partial charge < -0.3 is 9.47 Å². The fourth-order valence-corrected chi connectivity index (χ4v) is 4.77. The summed E-state index contributed by atoms with van der Waals surface area (Å²) in [6, 6.07) is 13.9. The molecule has 4 rings (SSSR count). The van der Waals surface area contributed by atoms with E-state index in [0.717, 1.165) is 32.5 Å². The molecule has 0 unspecified atom stereocenters. The van der Waals surface area contributed by atoms with Gasteiger partial charge in [0.2, 0.25) is 0 Å². The van der Waals surface area contributed by atoms with Crippen LogP contribution in [0.2, 0.25) is 0 Å². The summed E-state index contributed by atoms with van der Waals surface area (Å²) < 4.78 is 17.3. The van der Waals surface area contributed by atoms with Crippen molar-refractivity contribution in [1.29, 1.82) is 0 Å². The van der Waals surface area contributed by atoms with E-state index in [0.29, 0.717) is 29.6 Å². The number of hydrogen-bond donors (Lipinski definition) is 0. The summed E-state index contributed by atoms with van der Waals surface area (Å²) in [5.41, 5.74) is 1.91. The van der Waals surface area contributed by atoms with Crippen LogP contribution in [0.3, 0.4) is 0 Å². The molecule has 1 saturated heterocycles. The molecular formula is C23H26N2O3S. The number of methoxy groups -OCH3 is 1. The first-order chi connectivity index (χ1) is 14.2. The standard InChI is InChI=1S/C23H26N2O3S/c1-16(26)18-7-8-20(21(15-18)27-2)28-14-13-25-11-9-17(10-12-25)23-19-5-3-4-6-22(19)29-24-23/h3-8,15,17H,9-14H2,1-2H3. The third kappa shape index (κ3) is 4.43. The monoisotopic (exact) mass is 410 g/mol. The fourth-order valence-electron chi connectivity index (χ4n) is 3.92. The van der Waals surface area contributed by atoms with Crippen molar-refractivity contribution in [3.05, 3.63) is 53.7 Å². The van der Waals surface area contributed by atoms with Crippen LogP contribution in [0, 0.1) is 0 Å². The van der Waals surface area contributed by atoms with Gasteiger partial charge in [0.25, 0.3) is 0 Å². The average Bonchev–Trinajstić information content (AvgIpc) is 3.18. The largest absolute Gasteiger partial charge is 0.493 e. The molecule has 0 atom stereocenters. The van der Waals surface area contributed by atoms with Crippen LogP contribution in [0.25, 0.3) is 10.1 Å². The van der Waals surface area contributed by atoms with Crippen molar-refractivity contribution in [2.75, 3.05) is 33.4 Å². The molecule has 0 radical (unpaired) electrons. The van der Waals surface area contributed by atoms with E-state index in [4.69, 9.17) is 13.8 Å². The number of ether oxygens (including phenoxy) is 2. The molecule has 0 amide bonds. The number of carbonyl (C=O) groups is 1. The zero-order valence-electron chi connectivity index (χ0n) is 16.9. The fraction of sp³-hybridized carbons (Fsp3) is 0.391. The Morgan fingerprint density at radius 2 is 1.97 bits per heavy atom. The van der Waals surface area contributed by atoms with Gasteiger partial charge in [0.15, 0.2) is 17.3 Å². The van der Waals surface area contributed by atoms with Crippen molar-refractivity contribution < 1.29 is 14.3 Å². The van der Waals surface area contributed by atoms with E-state index < -0.39 is 0 Å². The number of rotatable bonds is 7. The van der Waals surface area contributed by atoms with Crippen molar-refractivity contribution in [3.63, 3.8) is 0 Å². The Bertz CT molecular complexity index is 993. The number of hydrogen-bond acceptors (Lipinski definition) is 6. The van der Waals surface area contributed by atoms with Gasteiger partial charge in [-0.1, -0.05) is 18.2 Å². The van der Waals surface area contributed by atoms with Gasteiger partial charge in [-0.15, -0.1) is 0 Å². The van der Waals surface area contributed by atoms with Crippen LogP contribution in [0.1, 0.15) is 41.7 Å². The molecule has 1 fully saturated rings. The molecule has 1 aliphatic rings. The zero-order chi connectivity index (χ0) is 20.2. The quantitative estimate of drug-likeness (QED) is 0.526. The minimum atomic E-state index is 0.0191. The van der Waals surface area contributed by atoms with E-state index in [1.54, 1.807) is 37.7 Å². The summed E-state index contributed by atoms with van der Waals surface area (Å²) in [6.45, 7) is 5.14. The Morgan fingerprint density at radius 3 is 2.72 bits per heavy atom. The maximum absolute atomic E-state index is 11.5. The molecule has 0 bridgehead atoms. The number of Topliss-reactive ketones (excluding diaryl/α,β-unsaturated/α-hetero) is 1. The minimum absolute atomic E-state index is 0.0191. The number of likely N-dealkylation sites (tertiary alicyclic amines) is 1. The minimum Gasteiger partial charge on any atom is -0.493 e. The predicted octanol–water partition coefficient (Wildman–Crippen LogP) is 4.77. The van der Waals surface area contributed by atoms with Crippen molar-refractivity contribution in [2.45, 2.75) is 25.7 Å². The lowest BCUT2D eigenvalue weighted by atomic mass is 9.92. The number of benzene rings is 2. The molecule has 2 aromatic carbocycles. The predicted molar refractivity (Wildman–Crippen MR) is 117 cm³/mol. The molecule has 0 spiro atoms. The van der Waals surface area contributed by atoms with Gasteiger partial charge in [-0.05, 0) is 68.7 Å². The number of piperidine rings is 1. The first kappa shape index (κ1) is 19.9. The van der Waals surface area contributed by atoms with Crippen LogP contribution in [0.5, 0.6) is 11.5 Å². The van der Waals surface area contributed by atoms with E-state index >= 15 is 0 Å². The third-order valence-electron chi connectivity index (χ3n) is 5.61. The number of nitrogens with zero attached hydrogens (tertiary/aromatic N) is 2. The summed E-state index contributed by atoms with van der Waals surface area (Å²) in [7, 11) is 1.60. The maximum Gasteiger partial charge on any atom is 0.161 e. The summed E-state index contributed by atoms with van der Waals surface area (Å²) in [5, 5.41) is 1.32. The van der Waals surface area contributed by atoms with Crippen molar-refractivity contribution in [1.82, 2.24) is 9.27 Å². The van der Waals surface area contributed by atoms with Crippen molar-refractivity contribution >= 4 is 27.4 Å². The van der Waals surface area contributed by atoms with Crippen LogP contribution in [0.15, 0.2) is 42.5 Å². The second-order valence-corrected chi connectivity index (χ2v) is 8.26. The molecule has 1 aromatic heterocycles. The molecular weight excluding hydrogens is 384 g/mol. The Morgan fingerprint density at radius 1 is 1.17 bits per heavy atom. The first-order valence-corrected chi connectivity index (χ1v) is 10.8. The molecule has 6 heteroatoms. The highest BCUT2D eigenvalue weighted by Crippen LogP contribution is 2.34. The number of fused-ring (bicyclic) bond motifs is 1. The van der Waals surface area contributed by atoms with Crippen LogP contribution in [-0.4, -0.2) is 48.4 Å². The summed E-state index contributed by atoms with van der Waals surface area (Å²) in [5.74, 6) is 1.85. The van der Waals surface area contributed by atoms with Crippen molar-refractivity contribution in [3.8, 4) is 11.5 Å². The van der Waals surface area contributed by atoms with E-state index in [2.05, 4.69) is 29.2 Å². The highest BCUT2D eigenvalue weighted by Gasteiger charge is 2.24. The average molecular weight is 411 g/mol. The molecule has 0 N–H and O–H groups in total. The summed E-state index contributed by atoms with van der Waals surface area (Å²) in [4.78, 5) is 14.0. The number of ketones is 1. The second-order valence-electron chi connectivity index (χ2n) is 7.45. The van der Waals surface area contributed by atoms with Crippen molar-refractivity contribution in [2.24, 2.45) is 0 Å². The van der Waals surface area contributed by atoms with Crippen LogP contribution in [-0.2, 0) is 0 Å². The number of aromatic nitrogens is 1. The van der Waals surface area contributed by atoms with E-state index in [9.17, 15) is 4.79 Å². The van der Waals surface area contributed by atoms with Gasteiger partial charge in [-0.25, -0.2) is 0 Å². The normalized spacial score (nSPS) is 15.5. The van der Waals surface area contributed by atoms with Gasteiger partial charge in [0.05, 0.1) is 17.5 Å². The molecule has 29 heavy (non-hydrogen) atoms. The molecule has 0 aliphatic carbocycles. The molecule has 0 saturated carbocycles. The highest BCUT2D eigenvalue weighted by molar-refractivity contribution is 7.13. The molecule has 152 valence electrons. The smallest absolute Gasteiger partial charge is 0.161 e. The maximum atomic E-state index is 11.5. The van der Waals surface area contributed by atoms with Gasteiger partial charge in [-0.2, -0.15) is 4.37 Å². The first-order valence-electron chi connectivity index (χ1n) is 10.0. The zero-order valence-corrected chi connectivity index (χ0v) is 17.7. The van der Waals surface area contributed by atoms with Crippen LogP contribution >= 0.6 is 11.5 Å². The Kier molecular flexibility index (Phi) is 6.11. The SMILES string of the molecule is COc1cc(C(C)=O)ccc1OCCN1CCC(c2nsc3ccccc23)CC1. The Labute approximate surface area is 175 Å². The Balaban J connectivity index is 1.29. The lowest BCUT2D eigenvalue weighted by Crippen LogP contribution is -2.36. The molecule has 1 aliphatic heterocycles. The van der Waals surface area contributed by atoms with E-state index in [1.807, 2.05) is 6.07 Å². The lowest BCUT2D eigenvalue weighted by molar-refractivity contribution is 0.101. The number of carbonyl (C=O) groups excluding carboxylic acids is 1. The lowest BCUT2D eigenvalue weighted by Gasteiger charge is -2.31. The van der Waals surface area contributed by atoms with Gasteiger partial charge >= 0.3 is 0 Å². The molecule has 2 heterocycles. The van der Waals surface area contributed by atoms with Gasteiger partial charge in [0, 0.05) is 23.4 Å². The van der Waals surface area contributed by atoms with E-state index in [1.165, 1.54) is 15.8 Å². The molecule has 3 aromatic rings. The summed E-state index contributed by atoms with van der Waals surface area (Å²) >= 11 is 1.61. The van der Waals surface area contributed by atoms with Crippen LogP contribution < -0.4 is 9.47 Å². The van der Waals surface area contributed by atoms with Gasteiger partial charge in [0.1, 0.15) is 6.61 Å². The summed E-state index contributed by atoms with van der Waals surface area (Å²) in [6.07, 6.45) is 2.26. The Hall–Kier alpha value is -2.44. The van der Waals surface area contributed by atoms with Crippen LogP contribution in [0.4, 0.5) is 0 Å².